The van der Waals surface area contributed by atoms with Crippen molar-refractivity contribution in [2.45, 2.75) is 37.8 Å². The Bertz CT molecular complexity index is 1610. The lowest BCUT2D eigenvalue weighted by Gasteiger charge is -2.25. The first-order valence-corrected chi connectivity index (χ1v) is 13.5. The Morgan fingerprint density at radius 3 is 1.44 bits per heavy atom. The van der Waals surface area contributed by atoms with Crippen molar-refractivity contribution in [3.05, 3.63) is 139 Å². The number of benzene rings is 2. The molecule has 196 valence electrons. The van der Waals surface area contributed by atoms with Crippen LogP contribution in [0.2, 0.25) is 0 Å². The van der Waals surface area contributed by atoms with Crippen LogP contribution in [0.15, 0.2) is 96.1 Å². The first-order chi connectivity index (χ1) is 18.5. The number of hydrogen-bond acceptors (Lipinski definition) is 6. The Morgan fingerprint density at radius 1 is 0.718 bits per heavy atom. The molecule has 0 aromatic heterocycles. The van der Waals surface area contributed by atoms with Gasteiger partial charge >= 0.3 is 0 Å². The van der Waals surface area contributed by atoms with Gasteiger partial charge in [-0.05, 0) is 50.0 Å². The van der Waals surface area contributed by atoms with Crippen molar-refractivity contribution in [3.63, 3.8) is 0 Å². The second-order valence-corrected chi connectivity index (χ2v) is 10.8. The van der Waals surface area contributed by atoms with Gasteiger partial charge in [-0.15, -0.1) is 0 Å². The number of rotatable bonds is 4. The lowest BCUT2D eigenvalue weighted by Crippen LogP contribution is -2.34. The van der Waals surface area contributed by atoms with Crippen LogP contribution < -0.4 is 0 Å². The zero-order chi connectivity index (χ0) is 28.3. The molecule has 0 spiro atoms. The molecule has 2 aliphatic rings. The fraction of sp³-hybridized carbons (Fsp3) is 0.200. The van der Waals surface area contributed by atoms with E-state index in [1.807, 2.05) is 13.8 Å². The molecule has 2 unspecified atom stereocenters. The number of nitro groups is 2. The SMILES string of the molecule is CC1=CCC(c2ccccc2C#CS(=O)(=O)C#Cc2ccccc2C2([N+](=O)[O-])C=CC(C)=CC2)([N+](=O)[O-])C=C1. The van der Waals surface area contributed by atoms with Crippen LogP contribution in [0.4, 0.5) is 0 Å². The van der Waals surface area contributed by atoms with E-state index in [1.165, 1.54) is 24.3 Å². The Hall–Kier alpha value is -4.73. The summed E-state index contributed by atoms with van der Waals surface area (Å²) >= 11 is 0. The van der Waals surface area contributed by atoms with Gasteiger partial charge in [0.1, 0.15) is 0 Å². The van der Waals surface area contributed by atoms with E-state index in [0.29, 0.717) is 0 Å². The molecule has 2 atom stereocenters. The smallest absolute Gasteiger partial charge is 0.263 e. The summed E-state index contributed by atoms with van der Waals surface area (Å²) in [4.78, 5) is 23.5. The monoisotopic (exact) mass is 540 g/mol. The molecule has 0 bridgehead atoms. The Kier molecular flexibility index (Phi) is 7.40. The van der Waals surface area contributed by atoms with E-state index < -0.39 is 30.8 Å². The highest BCUT2D eigenvalue weighted by Crippen LogP contribution is 2.37. The zero-order valence-electron chi connectivity index (χ0n) is 21.2. The molecule has 2 aliphatic carbocycles. The quantitative estimate of drug-likeness (QED) is 0.300. The number of hydrogen-bond donors (Lipinski definition) is 0. The van der Waals surface area contributed by atoms with E-state index in [1.54, 1.807) is 60.7 Å². The largest absolute Gasteiger partial charge is 0.284 e. The van der Waals surface area contributed by atoms with E-state index in [-0.39, 0.29) is 35.1 Å². The Balaban J connectivity index is 1.72. The minimum Gasteiger partial charge on any atom is -0.263 e. The summed E-state index contributed by atoms with van der Waals surface area (Å²) in [5, 5.41) is 28.6. The van der Waals surface area contributed by atoms with Gasteiger partial charge < -0.3 is 0 Å². The maximum absolute atomic E-state index is 12.8. The summed E-state index contributed by atoms with van der Waals surface area (Å²) in [7, 11) is -4.29. The van der Waals surface area contributed by atoms with Gasteiger partial charge in [-0.2, -0.15) is 0 Å². The minimum atomic E-state index is -4.29. The molecule has 0 heterocycles. The van der Waals surface area contributed by atoms with Crippen LogP contribution in [-0.2, 0) is 20.9 Å². The van der Waals surface area contributed by atoms with Crippen LogP contribution in [0, 0.1) is 42.6 Å². The van der Waals surface area contributed by atoms with Crippen molar-refractivity contribution < 1.29 is 18.3 Å². The first kappa shape index (κ1) is 27.3. The number of sulfone groups is 1. The second-order valence-electron chi connectivity index (χ2n) is 9.38. The third-order valence-corrected chi connectivity index (χ3v) is 7.53. The summed E-state index contributed by atoms with van der Waals surface area (Å²) in [6.07, 6.45) is 10.0. The normalized spacial score (nSPS) is 21.9. The summed E-state index contributed by atoms with van der Waals surface area (Å²) in [6.45, 7) is 3.68. The predicted molar refractivity (Wildman–Crippen MR) is 148 cm³/mol. The highest BCUT2D eigenvalue weighted by molar-refractivity contribution is 8.00. The summed E-state index contributed by atoms with van der Waals surface area (Å²) < 4.78 is 25.6. The number of allylic oxidation sites excluding steroid dienone is 4. The van der Waals surface area contributed by atoms with Gasteiger partial charge in [-0.25, -0.2) is 8.42 Å². The van der Waals surface area contributed by atoms with E-state index in [2.05, 4.69) is 22.3 Å². The third-order valence-electron chi connectivity index (χ3n) is 6.79. The molecular weight excluding hydrogens is 516 g/mol. The van der Waals surface area contributed by atoms with Crippen molar-refractivity contribution in [3.8, 4) is 22.3 Å². The molecule has 2 aromatic carbocycles. The average molecular weight is 541 g/mol. The lowest BCUT2D eigenvalue weighted by atomic mass is 9.81. The standard InChI is InChI=1S/C30H24N2O6S/c1-23-11-17-29(18-12-23,31(33)34)27-9-5-3-7-25(27)15-21-39(37,38)22-16-26-8-4-6-10-28(26)30(32(35)36)19-13-24(2)14-20-30/h3-14,17,19H,18,20H2,1-2H3. The van der Waals surface area contributed by atoms with E-state index in [9.17, 15) is 28.6 Å². The first-order valence-electron chi connectivity index (χ1n) is 12.0. The summed E-state index contributed by atoms with van der Waals surface area (Å²) in [6, 6.07) is 12.7. The van der Waals surface area contributed by atoms with Gasteiger partial charge in [0, 0.05) is 55.4 Å². The molecule has 0 N–H and O–H groups in total. The molecule has 2 aromatic rings. The molecule has 39 heavy (non-hydrogen) atoms. The van der Waals surface area contributed by atoms with Crippen LogP contribution in [0.25, 0.3) is 0 Å². The molecular formula is C30H24N2O6S. The Labute approximate surface area is 226 Å². The highest BCUT2D eigenvalue weighted by Gasteiger charge is 2.45. The minimum absolute atomic E-state index is 0.103. The van der Waals surface area contributed by atoms with Gasteiger partial charge in [0.15, 0.2) is 0 Å². The van der Waals surface area contributed by atoms with Gasteiger partial charge in [0.25, 0.3) is 20.9 Å². The van der Waals surface area contributed by atoms with E-state index >= 15 is 0 Å². The molecule has 0 radical (unpaired) electrons. The van der Waals surface area contributed by atoms with Crippen LogP contribution in [0.3, 0.4) is 0 Å². The van der Waals surface area contributed by atoms with Gasteiger partial charge in [0.05, 0.1) is 0 Å². The van der Waals surface area contributed by atoms with Crippen molar-refractivity contribution in [2.75, 3.05) is 0 Å². The third kappa shape index (κ3) is 5.45. The number of nitrogens with zero attached hydrogens (tertiary/aromatic N) is 2. The van der Waals surface area contributed by atoms with Crippen LogP contribution in [-0.4, -0.2) is 18.3 Å². The van der Waals surface area contributed by atoms with Crippen molar-refractivity contribution in [1.29, 1.82) is 0 Å². The zero-order valence-corrected chi connectivity index (χ0v) is 22.1. The molecule has 0 amide bonds. The van der Waals surface area contributed by atoms with Crippen LogP contribution in [0.1, 0.15) is 48.9 Å². The molecule has 9 heteroatoms. The van der Waals surface area contributed by atoms with Gasteiger partial charge in [-0.3, -0.25) is 20.2 Å². The highest BCUT2D eigenvalue weighted by atomic mass is 32.2. The molecule has 0 saturated heterocycles. The maximum atomic E-state index is 12.8. The Morgan fingerprint density at radius 2 is 1.10 bits per heavy atom. The molecule has 0 fully saturated rings. The molecule has 4 rings (SSSR count). The molecule has 0 saturated carbocycles. The summed E-state index contributed by atoms with van der Waals surface area (Å²) in [5.74, 6) is 5.12. The van der Waals surface area contributed by atoms with Crippen LogP contribution in [0.5, 0.6) is 0 Å². The van der Waals surface area contributed by atoms with Crippen molar-refractivity contribution in [2.24, 2.45) is 0 Å². The fourth-order valence-electron chi connectivity index (χ4n) is 4.52. The van der Waals surface area contributed by atoms with E-state index in [0.717, 1.165) is 11.1 Å². The molecule has 0 aliphatic heterocycles. The predicted octanol–water partition coefficient (Wildman–Crippen LogP) is 5.18. The topological polar surface area (TPSA) is 120 Å². The lowest BCUT2D eigenvalue weighted by molar-refractivity contribution is -0.563. The second kappa shape index (κ2) is 10.6. The van der Waals surface area contributed by atoms with Gasteiger partial charge in [0.2, 0.25) is 0 Å². The molecule has 8 nitrogen and oxygen atoms in total. The fourth-order valence-corrected chi connectivity index (χ4v) is 5.06. The summed E-state index contributed by atoms with van der Waals surface area (Å²) in [5.41, 5.74) is -0.426. The van der Waals surface area contributed by atoms with E-state index in [4.69, 9.17) is 0 Å². The average Bonchev–Trinajstić information content (AvgIpc) is 2.92. The van der Waals surface area contributed by atoms with Crippen molar-refractivity contribution in [1.82, 2.24) is 0 Å². The maximum Gasteiger partial charge on any atom is 0.284 e. The van der Waals surface area contributed by atoms with Crippen LogP contribution >= 0.6 is 0 Å². The van der Waals surface area contributed by atoms with Crippen molar-refractivity contribution >= 4 is 9.84 Å². The van der Waals surface area contributed by atoms with Gasteiger partial charge in [-0.1, -0.05) is 71.8 Å².